The number of carbonyl (C=O) groups is 3. The zero-order valence-electron chi connectivity index (χ0n) is 20.1. The molecule has 0 aromatic heterocycles. The van der Waals surface area contributed by atoms with Crippen molar-refractivity contribution >= 4 is 18.0 Å². The van der Waals surface area contributed by atoms with Gasteiger partial charge in [-0.1, -0.05) is 55.5 Å². The molecule has 1 saturated heterocycles. The highest BCUT2D eigenvalue weighted by atomic mass is 16.5. The van der Waals surface area contributed by atoms with Crippen LogP contribution in [0.15, 0.2) is 48.5 Å². The van der Waals surface area contributed by atoms with Gasteiger partial charge in [-0.2, -0.15) is 0 Å². The minimum atomic E-state index is -0.970. The van der Waals surface area contributed by atoms with Gasteiger partial charge in [-0.05, 0) is 35.6 Å². The Hall–Kier alpha value is -3.39. The predicted octanol–water partition coefficient (Wildman–Crippen LogP) is 3.64. The summed E-state index contributed by atoms with van der Waals surface area (Å²) in [4.78, 5) is 38.5. The highest BCUT2D eigenvalue weighted by Gasteiger charge is 2.40. The Balaban J connectivity index is 1.32. The van der Waals surface area contributed by atoms with Crippen LogP contribution >= 0.6 is 0 Å². The first-order chi connectivity index (χ1) is 16.9. The number of fused-ring (bicyclic) bond motifs is 3. The Kier molecular flexibility index (Phi) is 7.70. The molecule has 1 aliphatic heterocycles. The number of benzene rings is 2. The molecular formula is C27H32N2O6. The lowest BCUT2D eigenvalue weighted by Crippen LogP contribution is -2.40. The van der Waals surface area contributed by atoms with Gasteiger partial charge < -0.3 is 24.8 Å². The van der Waals surface area contributed by atoms with Crippen LogP contribution in [0.5, 0.6) is 0 Å². The zero-order valence-corrected chi connectivity index (χ0v) is 20.1. The summed E-state index contributed by atoms with van der Waals surface area (Å²) in [5.41, 5.74) is 4.58. The van der Waals surface area contributed by atoms with Crippen LogP contribution in [0.4, 0.5) is 4.79 Å². The number of likely N-dealkylation sites (tertiary alicyclic amines) is 1. The minimum Gasteiger partial charge on any atom is -0.481 e. The SMILES string of the molecule is CCOC1CN(C(=O)C[C@H](CC)NC(=O)OCC2c3ccccc3-c3ccccc32)CC1C(=O)O. The lowest BCUT2D eigenvalue weighted by Gasteiger charge is -2.22. The van der Waals surface area contributed by atoms with E-state index in [2.05, 4.69) is 29.6 Å². The smallest absolute Gasteiger partial charge is 0.407 e. The molecule has 0 radical (unpaired) electrons. The van der Waals surface area contributed by atoms with Crippen LogP contribution in [0.25, 0.3) is 11.1 Å². The van der Waals surface area contributed by atoms with Crippen LogP contribution in [0.2, 0.25) is 0 Å². The summed E-state index contributed by atoms with van der Waals surface area (Å²) < 4.78 is 11.1. The van der Waals surface area contributed by atoms with Gasteiger partial charge in [0.1, 0.15) is 12.5 Å². The first-order valence-electron chi connectivity index (χ1n) is 12.2. The molecule has 4 rings (SSSR count). The Labute approximate surface area is 205 Å². The monoisotopic (exact) mass is 480 g/mol. The zero-order chi connectivity index (χ0) is 24.9. The van der Waals surface area contributed by atoms with Gasteiger partial charge in [0.05, 0.1) is 6.10 Å². The number of hydrogen-bond acceptors (Lipinski definition) is 5. The average Bonchev–Trinajstić information content (AvgIpc) is 3.42. The molecule has 2 N–H and O–H groups in total. The minimum absolute atomic E-state index is 0.0390. The number of nitrogens with one attached hydrogen (secondary N) is 1. The van der Waals surface area contributed by atoms with Crippen LogP contribution < -0.4 is 5.32 Å². The molecule has 3 atom stereocenters. The normalized spacial score (nSPS) is 19.7. The van der Waals surface area contributed by atoms with E-state index in [1.807, 2.05) is 31.2 Å². The summed E-state index contributed by atoms with van der Waals surface area (Å²) in [5.74, 6) is -1.95. The van der Waals surface area contributed by atoms with Crippen molar-refractivity contribution in [3.63, 3.8) is 0 Å². The molecule has 1 fully saturated rings. The van der Waals surface area contributed by atoms with Gasteiger partial charge in [0.25, 0.3) is 0 Å². The largest absolute Gasteiger partial charge is 0.481 e. The molecule has 8 heteroatoms. The average molecular weight is 481 g/mol. The number of carbonyl (C=O) groups excluding carboxylic acids is 2. The molecule has 2 aliphatic rings. The van der Waals surface area contributed by atoms with Crippen molar-refractivity contribution in [3.05, 3.63) is 59.7 Å². The van der Waals surface area contributed by atoms with Crippen molar-refractivity contribution in [2.75, 3.05) is 26.3 Å². The van der Waals surface area contributed by atoms with Gasteiger partial charge >= 0.3 is 12.1 Å². The molecule has 0 saturated carbocycles. The van der Waals surface area contributed by atoms with Crippen LogP contribution in [0, 0.1) is 5.92 Å². The number of alkyl carbamates (subject to hydrolysis) is 1. The van der Waals surface area contributed by atoms with E-state index in [0.29, 0.717) is 13.0 Å². The summed E-state index contributed by atoms with van der Waals surface area (Å²) in [5, 5.41) is 12.2. The number of nitrogens with zero attached hydrogens (tertiary/aromatic N) is 1. The van der Waals surface area contributed by atoms with Crippen molar-refractivity contribution in [1.82, 2.24) is 10.2 Å². The number of rotatable bonds is 9. The molecule has 2 unspecified atom stereocenters. The predicted molar refractivity (Wildman–Crippen MR) is 130 cm³/mol. The first-order valence-corrected chi connectivity index (χ1v) is 12.2. The molecule has 0 spiro atoms. The van der Waals surface area contributed by atoms with E-state index >= 15 is 0 Å². The number of amides is 2. The van der Waals surface area contributed by atoms with Crippen molar-refractivity contribution in [1.29, 1.82) is 0 Å². The van der Waals surface area contributed by atoms with E-state index in [0.717, 1.165) is 22.3 Å². The second-order valence-electron chi connectivity index (χ2n) is 9.02. The van der Waals surface area contributed by atoms with Gasteiger partial charge in [-0.3, -0.25) is 9.59 Å². The second-order valence-corrected chi connectivity index (χ2v) is 9.02. The van der Waals surface area contributed by atoms with E-state index in [-0.39, 0.29) is 37.9 Å². The second kappa shape index (κ2) is 10.9. The van der Waals surface area contributed by atoms with Gasteiger partial charge in [0.15, 0.2) is 0 Å². The van der Waals surface area contributed by atoms with E-state index < -0.39 is 30.1 Å². The summed E-state index contributed by atoms with van der Waals surface area (Å²) in [6.07, 6.45) is -0.465. The van der Waals surface area contributed by atoms with Crippen molar-refractivity contribution in [2.24, 2.45) is 5.92 Å². The molecule has 35 heavy (non-hydrogen) atoms. The Morgan fingerprint density at radius 3 is 2.23 bits per heavy atom. The fourth-order valence-corrected chi connectivity index (χ4v) is 5.04. The number of carboxylic acids is 1. The molecular weight excluding hydrogens is 448 g/mol. The maximum Gasteiger partial charge on any atom is 0.407 e. The quantitative estimate of drug-likeness (QED) is 0.568. The third-order valence-electron chi connectivity index (χ3n) is 6.90. The molecule has 1 heterocycles. The summed E-state index contributed by atoms with van der Waals surface area (Å²) >= 11 is 0. The molecule has 2 amide bonds. The molecule has 186 valence electrons. The van der Waals surface area contributed by atoms with Gasteiger partial charge in [-0.25, -0.2) is 4.79 Å². The third kappa shape index (κ3) is 5.32. The number of aliphatic carboxylic acids is 1. The van der Waals surface area contributed by atoms with Gasteiger partial charge in [0.2, 0.25) is 5.91 Å². The van der Waals surface area contributed by atoms with Crippen LogP contribution in [0.1, 0.15) is 43.7 Å². The van der Waals surface area contributed by atoms with Gasteiger partial charge in [-0.15, -0.1) is 0 Å². The summed E-state index contributed by atoms with van der Waals surface area (Å²) in [6, 6.07) is 15.9. The maximum atomic E-state index is 12.8. The number of hydrogen-bond donors (Lipinski definition) is 2. The van der Waals surface area contributed by atoms with Crippen molar-refractivity contribution in [3.8, 4) is 11.1 Å². The van der Waals surface area contributed by atoms with E-state index in [1.165, 1.54) is 4.90 Å². The lowest BCUT2D eigenvalue weighted by molar-refractivity contribution is -0.145. The van der Waals surface area contributed by atoms with E-state index in [4.69, 9.17) is 9.47 Å². The Bertz CT molecular complexity index is 1040. The standard InChI is InChI=1S/C27H32N2O6/c1-3-17(13-25(30)29-14-22(26(31)32)24(15-29)34-4-2)28-27(33)35-16-23-20-11-7-5-9-18(20)19-10-6-8-12-21(19)23/h5-12,17,22-24H,3-4,13-16H2,1-2H3,(H,28,33)(H,31,32)/t17-,22?,24?/m0/s1. The topological polar surface area (TPSA) is 105 Å². The number of ether oxygens (including phenoxy) is 2. The molecule has 0 bridgehead atoms. The fourth-order valence-electron chi connectivity index (χ4n) is 5.04. The Morgan fingerprint density at radius 2 is 1.66 bits per heavy atom. The molecule has 8 nitrogen and oxygen atoms in total. The highest BCUT2D eigenvalue weighted by Crippen LogP contribution is 2.44. The van der Waals surface area contributed by atoms with E-state index in [9.17, 15) is 19.5 Å². The van der Waals surface area contributed by atoms with E-state index in [1.54, 1.807) is 6.92 Å². The number of carboxylic acid groups (broad SMARTS) is 1. The van der Waals surface area contributed by atoms with Crippen LogP contribution in [-0.4, -0.2) is 66.4 Å². The lowest BCUT2D eigenvalue weighted by atomic mass is 9.98. The van der Waals surface area contributed by atoms with Gasteiger partial charge in [0, 0.05) is 38.1 Å². The fraction of sp³-hybridized carbons (Fsp3) is 0.444. The third-order valence-corrected chi connectivity index (χ3v) is 6.90. The first kappa shape index (κ1) is 24.7. The summed E-state index contributed by atoms with van der Waals surface area (Å²) in [7, 11) is 0. The van der Waals surface area contributed by atoms with Crippen LogP contribution in [-0.2, 0) is 19.1 Å². The van der Waals surface area contributed by atoms with Crippen LogP contribution in [0.3, 0.4) is 0 Å². The van der Waals surface area contributed by atoms with Crippen molar-refractivity contribution < 1.29 is 29.0 Å². The summed E-state index contributed by atoms with van der Waals surface area (Å²) in [6.45, 7) is 4.62. The molecule has 1 aliphatic carbocycles. The maximum absolute atomic E-state index is 12.8. The molecule has 2 aromatic rings. The van der Waals surface area contributed by atoms with Crippen molar-refractivity contribution in [2.45, 2.75) is 44.8 Å². The molecule has 2 aromatic carbocycles. The Morgan fingerprint density at radius 1 is 1.03 bits per heavy atom. The highest BCUT2D eigenvalue weighted by molar-refractivity contribution is 5.81.